The molecule has 0 saturated carbocycles. The van der Waals surface area contributed by atoms with Gasteiger partial charge in [0.05, 0.1) is 24.7 Å². The fourth-order valence-electron chi connectivity index (χ4n) is 1.86. The number of aromatic nitrogens is 5. The summed E-state index contributed by atoms with van der Waals surface area (Å²) in [6.07, 6.45) is 3.22. The lowest BCUT2D eigenvalue weighted by Crippen LogP contribution is -2.00. The largest absolute Gasteiger partial charge is 0.467 e. The average Bonchev–Trinajstić information content (AvgIpc) is 2.93. The molecular weight excluding hydrogens is 313 g/mol. The van der Waals surface area contributed by atoms with Crippen molar-refractivity contribution in [1.29, 1.82) is 0 Å². The van der Waals surface area contributed by atoms with E-state index in [1.807, 2.05) is 6.07 Å². The quantitative estimate of drug-likeness (QED) is 0.741. The highest BCUT2D eigenvalue weighted by molar-refractivity contribution is 6.31. The van der Waals surface area contributed by atoms with Gasteiger partial charge in [-0.15, -0.1) is 5.10 Å². The number of methoxy groups -OCH3 is 1. The molecule has 0 fully saturated rings. The molecule has 3 rings (SSSR count). The zero-order chi connectivity index (χ0) is 14.8. The summed E-state index contributed by atoms with van der Waals surface area (Å²) < 4.78 is 6.60. The molecule has 0 N–H and O–H groups in total. The van der Waals surface area contributed by atoms with Crippen molar-refractivity contribution in [3.05, 3.63) is 46.8 Å². The highest BCUT2D eigenvalue weighted by Crippen LogP contribution is 2.29. The molecule has 0 atom stereocenters. The lowest BCUT2D eigenvalue weighted by atomic mass is 10.1. The van der Waals surface area contributed by atoms with Crippen molar-refractivity contribution in [2.24, 2.45) is 0 Å². The first-order valence-electron chi connectivity index (χ1n) is 5.92. The first-order chi connectivity index (χ1) is 10.2. The fourth-order valence-corrected chi connectivity index (χ4v) is 2.16. The first kappa shape index (κ1) is 13.8. The van der Waals surface area contributed by atoms with E-state index in [2.05, 4.69) is 20.3 Å². The van der Waals surface area contributed by atoms with Gasteiger partial charge in [0.25, 0.3) is 0 Å². The number of ether oxygens (including phenoxy) is 1. The molecule has 2 aromatic heterocycles. The Morgan fingerprint density at radius 3 is 2.76 bits per heavy atom. The van der Waals surface area contributed by atoms with Crippen LogP contribution in [-0.2, 0) is 0 Å². The van der Waals surface area contributed by atoms with Gasteiger partial charge in [-0.3, -0.25) is 0 Å². The fraction of sp³-hybridized carbons (Fsp3) is 0.0769. The molecule has 8 heteroatoms. The molecule has 0 bridgehead atoms. The molecule has 0 aliphatic rings. The van der Waals surface area contributed by atoms with Crippen LogP contribution in [0.5, 0.6) is 6.01 Å². The molecule has 3 aromatic rings. The molecule has 6 nitrogen and oxygen atoms in total. The van der Waals surface area contributed by atoms with Gasteiger partial charge in [-0.05, 0) is 24.3 Å². The van der Waals surface area contributed by atoms with Gasteiger partial charge < -0.3 is 4.74 Å². The van der Waals surface area contributed by atoms with Crippen LogP contribution in [0.3, 0.4) is 0 Å². The van der Waals surface area contributed by atoms with Gasteiger partial charge >= 0.3 is 6.01 Å². The molecule has 0 radical (unpaired) electrons. The SMILES string of the molecule is COc1nccc(-c2cc(Cl)ccc2-n2cc(Cl)nn2)n1. The highest BCUT2D eigenvalue weighted by Gasteiger charge is 2.12. The van der Waals surface area contributed by atoms with Crippen LogP contribution >= 0.6 is 23.2 Å². The Bertz CT molecular complexity index is 790. The summed E-state index contributed by atoms with van der Waals surface area (Å²) in [5.41, 5.74) is 2.18. The maximum absolute atomic E-state index is 6.09. The summed E-state index contributed by atoms with van der Waals surface area (Å²) in [5.74, 6) is 0. The number of hydrogen-bond donors (Lipinski definition) is 0. The predicted molar refractivity (Wildman–Crippen MR) is 79.0 cm³/mol. The Hall–Kier alpha value is -2.18. The lowest BCUT2D eigenvalue weighted by molar-refractivity contribution is 0.380. The van der Waals surface area contributed by atoms with Crippen molar-refractivity contribution in [2.45, 2.75) is 0 Å². The average molecular weight is 322 g/mol. The van der Waals surface area contributed by atoms with E-state index in [1.54, 1.807) is 35.3 Å². The van der Waals surface area contributed by atoms with Crippen molar-refractivity contribution in [3.63, 3.8) is 0 Å². The van der Waals surface area contributed by atoms with Gasteiger partial charge in [0.1, 0.15) is 0 Å². The summed E-state index contributed by atoms with van der Waals surface area (Å²) in [6, 6.07) is 7.39. The van der Waals surface area contributed by atoms with Crippen LogP contribution in [0.15, 0.2) is 36.7 Å². The molecule has 0 aliphatic heterocycles. The highest BCUT2D eigenvalue weighted by atomic mass is 35.5. The third-order valence-electron chi connectivity index (χ3n) is 2.76. The summed E-state index contributed by atoms with van der Waals surface area (Å²) in [6.45, 7) is 0. The number of rotatable bonds is 3. The number of benzene rings is 1. The van der Waals surface area contributed by atoms with Crippen LogP contribution < -0.4 is 4.74 Å². The van der Waals surface area contributed by atoms with Gasteiger partial charge in [-0.1, -0.05) is 28.4 Å². The summed E-state index contributed by atoms with van der Waals surface area (Å²) in [5, 5.41) is 8.62. The van der Waals surface area contributed by atoms with E-state index in [4.69, 9.17) is 27.9 Å². The standard InChI is InChI=1S/C13H9Cl2N5O/c1-21-13-16-5-4-10(17-13)9-6-8(14)2-3-11(9)20-7-12(15)18-19-20/h2-7H,1H3. The smallest absolute Gasteiger partial charge is 0.316 e. The third-order valence-corrected chi connectivity index (χ3v) is 3.17. The second-order valence-electron chi connectivity index (χ2n) is 4.08. The lowest BCUT2D eigenvalue weighted by Gasteiger charge is -2.09. The van der Waals surface area contributed by atoms with Crippen LogP contribution in [-0.4, -0.2) is 32.1 Å². The number of nitrogens with zero attached hydrogens (tertiary/aromatic N) is 5. The minimum absolute atomic E-state index is 0.273. The molecule has 21 heavy (non-hydrogen) atoms. The Morgan fingerprint density at radius 1 is 1.19 bits per heavy atom. The van der Waals surface area contributed by atoms with Crippen molar-refractivity contribution in [3.8, 4) is 23.0 Å². The van der Waals surface area contributed by atoms with Crippen LogP contribution in [0.25, 0.3) is 16.9 Å². The minimum atomic E-state index is 0.273. The normalized spacial score (nSPS) is 10.6. The van der Waals surface area contributed by atoms with Gasteiger partial charge in [-0.2, -0.15) is 4.98 Å². The Labute approximate surface area is 130 Å². The van der Waals surface area contributed by atoms with Crippen molar-refractivity contribution in [1.82, 2.24) is 25.0 Å². The first-order valence-corrected chi connectivity index (χ1v) is 6.68. The maximum atomic E-state index is 6.09. The summed E-state index contributed by atoms with van der Waals surface area (Å²) in [4.78, 5) is 8.30. The van der Waals surface area contributed by atoms with E-state index in [-0.39, 0.29) is 6.01 Å². The van der Waals surface area contributed by atoms with Crippen molar-refractivity contribution >= 4 is 23.2 Å². The number of hydrogen-bond acceptors (Lipinski definition) is 5. The molecule has 0 aliphatic carbocycles. The Morgan fingerprint density at radius 2 is 2.05 bits per heavy atom. The minimum Gasteiger partial charge on any atom is -0.467 e. The van der Waals surface area contributed by atoms with Crippen LogP contribution in [0, 0.1) is 0 Å². The van der Waals surface area contributed by atoms with E-state index < -0.39 is 0 Å². The molecule has 106 valence electrons. The molecule has 0 saturated heterocycles. The van der Waals surface area contributed by atoms with E-state index in [9.17, 15) is 0 Å². The zero-order valence-electron chi connectivity index (χ0n) is 10.9. The predicted octanol–water partition coefficient (Wildman–Crippen LogP) is 3.04. The summed E-state index contributed by atoms with van der Waals surface area (Å²) >= 11 is 11.9. The third kappa shape index (κ3) is 2.81. The van der Waals surface area contributed by atoms with E-state index in [1.165, 1.54) is 7.11 Å². The Kier molecular flexibility index (Phi) is 3.72. The van der Waals surface area contributed by atoms with E-state index >= 15 is 0 Å². The van der Waals surface area contributed by atoms with Crippen molar-refractivity contribution < 1.29 is 4.74 Å². The van der Waals surface area contributed by atoms with Crippen LogP contribution in [0.4, 0.5) is 0 Å². The van der Waals surface area contributed by atoms with Crippen molar-refractivity contribution in [2.75, 3.05) is 7.11 Å². The second kappa shape index (κ2) is 5.67. The van der Waals surface area contributed by atoms with Gasteiger partial charge in [0.15, 0.2) is 5.15 Å². The van der Waals surface area contributed by atoms with Gasteiger partial charge in [0, 0.05) is 16.8 Å². The van der Waals surface area contributed by atoms with E-state index in [0.717, 1.165) is 11.3 Å². The molecule has 1 aromatic carbocycles. The molecule has 2 heterocycles. The number of halogens is 2. The Balaban J connectivity index is 2.18. The van der Waals surface area contributed by atoms with Crippen LogP contribution in [0.2, 0.25) is 10.2 Å². The maximum Gasteiger partial charge on any atom is 0.316 e. The zero-order valence-corrected chi connectivity index (χ0v) is 12.4. The second-order valence-corrected chi connectivity index (χ2v) is 4.90. The van der Waals surface area contributed by atoms with Crippen LogP contribution in [0.1, 0.15) is 0 Å². The monoisotopic (exact) mass is 321 g/mol. The topological polar surface area (TPSA) is 65.7 Å². The van der Waals surface area contributed by atoms with Gasteiger partial charge in [-0.25, -0.2) is 9.67 Å². The van der Waals surface area contributed by atoms with Gasteiger partial charge in [0.2, 0.25) is 0 Å². The molecule has 0 amide bonds. The summed E-state index contributed by atoms with van der Waals surface area (Å²) in [7, 11) is 1.51. The molecule has 0 spiro atoms. The van der Waals surface area contributed by atoms with E-state index in [0.29, 0.717) is 15.9 Å². The molecule has 0 unspecified atom stereocenters. The molecular formula is C13H9Cl2N5O.